The average molecular weight is 250 g/mol. The van der Waals surface area contributed by atoms with Crippen molar-refractivity contribution in [3.8, 4) is 0 Å². The fourth-order valence-electron chi connectivity index (χ4n) is 1.42. The third kappa shape index (κ3) is 4.18. The summed E-state index contributed by atoms with van der Waals surface area (Å²) in [4.78, 5) is 24.7. The van der Waals surface area contributed by atoms with Crippen LogP contribution in [0.5, 0.6) is 0 Å². The molecule has 0 aliphatic rings. The minimum absolute atomic E-state index is 0.432. The number of amides is 2. The second-order valence-corrected chi connectivity index (χ2v) is 3.80. The van der Waals surface area contributed by atoms with Gasteiger partial charge in [0.1, 0.15) is 0 Å². The Morgan fingerprint density at radius 2 is 1.94 bits per heavy atom. The first kappa shape index (κ1) is 14.2. The minimum Gasteiger partial charge on any atom is -0.385 e. The van der Waals surface area contributed by atoms with Crippen LogP contribution in [0.4, 0.5) is 5.69 Å². The third-order valence-electron chi connectivity index (χ3n) is 2.45. The summed E-state index contributed by atoms with van der Waals surface area (Å²) in [7, 11) is 3.17. The van der Waals surface area contributed by atoms with Gasteiger partial charge in [-0.3, -0.25) is 9.59 Å². The van der Waals surface area contributed by atoms with Crippen molar-refractivity contribution in [2.45, 2.75) is 6.42 Å². The number of nitrogens with zero attached hydrogens (tertiary/aromatic N) is 1. The highest BCUT2D eigenvalue weighted by Gasteiger charge is 2.18. The van der Waals surface area contributed by atoms with Gasteiger partial charge in [0.2, 0.25) is 0 Å². The summed E-state index contributed by atoms with van der Waals surface area (Å²) in [6, 6.07) is 9.03. The first-order chi connectivity index (χ1) is 8.66. The van der Waals surface area contributed by atoms with Gasteiger partial charge in [-0.2, -0.15) is 0 Å². The fraction of sp³-hybridized carbons (Fsp3) is 0.385. The van der Waals surface area contributed by atoms with Crippen molar-refractivity contribution in [3.63, 3.8) is 0 Å². The molecule has 0 aliphatic heterocycles. The smallest absolute Gasteiger partial charge is 0.316 e. The molecule has 0 atom stereocenters. The fourth-order valence-corrected chi connectivity index (χ4v) is 1.42. The maximum Gasteiger partial charge on any atom is 0.316 e. The van der Waals surface area contributed by atoms with E-state index in [0.29, 0.717) is 25.3 Å². The number of nitrogens with one attached hydrogen (secondary N) is 1. The second kappa shape index (κ2) is 7.45. The largest absolute Gasteiger partial charge is 0.385 e. The Labute approximate surface area is 107 Å². The summed E-state index contributed by atoms with van der Waals surface area (Å²) in [5.74, 6) is -1.17. The van der Waals surface area contributed by atoms with Gasteiger partial charge in [0, 0.05) is 33.0 Å². The molecule has 1 rings (SSSR count). The summed E-state index contributed by atoms with van der Waals surface area (Å²) in [6.45, 7) is 0.990. The number of carbonyl (C=O) groups is 2. The SMILES string of the molecule is COCCCNC(=O)C(=O)N(C)c1ccccc1. The van der Waals surface area contributed by atoms with Gasteiger partial charge < -0.3 is 15.0 Å². The van der Waals surface area contributed by atoms with Gasteiger partial charge in [-0.25, -0.2) is 0 Å². The van der Waals surface area contributed by atoms with Crippen LogP contribution < -0.4 is 10.2 Å². The maximum absolute atomic E-state index is 11.8. The van der Waals surface area contributed by atoms with Crippen LogP contribution in [0.25, 0.3) is 0 Å². The number of likely N-dealkylation sites (N-methyl/N-ethyl adjacent to an activating group) is 1. The molecule has 0 aliphatic carbocycles. The van der Waals surface area contributed by atoms with E-state index in [-0.39, 0.29) is 0 Å². The Bertz CT molecular complexity index is 392. The first-order valence-electron chi connectivity index (χ1n) is 5.76. The molecular formula is C13H18N2O3. The average Bonchev–Trinajstić information content (AvgIpc) is 2.42. The molecule has 0 unspecified atom stereocenters. The van der Waals surface area contributed by atoms with Gasteiger partial charge in [0.05, 0.1) is 0 Å². The van der Waals surface area contributed by atoms with Crippen LogP contribution in [0.3, 0.4) is 0 Å². The molecule has 0 saturated heterocycles. The topological polar surface area (TPSA) is 58.6 Å². The lowest BCUT2D eigenvalue weighted by Gasteiger charge is -2.16. The van der Waals surface area contributed by atoms with E-state index in [1.807, 2.05) is 18.2 Å². The van der Waals surface area contributed by atoms with Crippen LogP contribution in [-0.4, -0.2) is 39.1 Å². The van der Waals surface area contributed by atoms with Gasteiger partial charge in [-0.05, 0) is 18.6 Å². The number of para-hydroxylation sites is 1. The Hall–Kier alpha value is -1.88. The molecule has 0 radical (unpaired) electrons. The predicted octanol–water partition coefficient (Wildman–Crippen LogP) is 0.802. The molecule has 98 valence electrons. The predicted molar refractivity (Wildman–Crippen MR) is 69.4 cm³/mol. The number of rotatable bonds is 5. The number of anilines is 1. The van der Waals surface area contributed by atoms with Crippen LogP contribution in [-0.2, 0) is 14.3 Å². The van der Waals surface area contributed by atoms with Gasteiger partial charge in [-0.1, -0.05) is 18.2 Å². The molecule has 0 aromatic heterocycles. The van der Waals surface area contributed by atoms with Crippen molar-refractivity contribution < 1.29 is 14.3 Å². The first-order valence-corrected chi connectivity index (χ1v) is 5.76. The van der Waals surface area contributed by atoms with Crippen molar-refractivity contribution in [2.75, 3.05) is 32.2 Å². The van der Waals surface area contributed by atoms with E-state index in [2.05, 4.69) is 5.32 Å². The number of hydrogen-bond acceptors (Lipinski definition) is 3. The minimum atomic E-state index is -0.600. The molecular weight excluding hydrogens is 232 g/mol. The molecule has 0 bridgehead atoms. The number of benzene rings is 1. The van der Waals surface area contributed by atoms with E-state index in [4.69, 9.17) is 4.74 Å². The maximum atomic E-state index is 11.8. The summed E-state index contributed by atoms with van der Waals surface area (Å²) >= 11 is 0. The van der Waals surface area contributed by atoms with Crippen molar-refractivity contribution in [2.24, 2.45) is 0 Å². The van der Waals surface area contributed by atoms with Crippen molar-refractivity contribution in [1.29, 1.82) is 0 Å². The Kier molecular flexibility index (Phi) is 5.87. The zero-order valence-corrected chi connectivity index (χ0v) is 10.7. The molecule has 1 N–H and O–H groups in total. The monoisotopic (exact) mass is 250 g/mol. The van der Waals surface area contributed by atoms with Gasteiger partial charge in [-0.15, -0.1) is 0 Å². The summed E-state index contributed by atoms with van der Waals surface area (Å²) in [5.41, 5.74) is 0.689. The molecule has 0 saturated carbocycles. The Morgan fingerprint density at radius 1 is 1.28 bits per heavy atom. The lowest BCUT2D eigenvalue weighted by molar-refractivity contribution is -0.137. The van der Waals surface area contributed by atoms with Crippen LogP contribution in [0.2, 0.25) is 0 Å². The number of hydrogen-bond donors (Lipinski definition) is 1. The molecule has 1 aromatic carbocycles. The van der Waals surface area contributed by atoms with Gasteiger partial charge in [0.25, 0.3) is 0 Å². The molecule has 0 fully saturated rings. The van der Waals surface area contributed by atoms with Crippen molar-refractivity contribution in [3.05, 3.63) is 30.3 Å². The Balaban J connectivity index is 2.46. The van der Waals surface area contributed by atoms with E-state index in [1.165, 1.54) is 4.90 Å². The highest BCUT2D eigenvalue weighted by molar-refractivity contribution is 6.40. The molecule has 5 nitrogen and oxygen atoms in total. The second-order valence-electron chi connectivity index (χ2n) is 3.80. The third-order valence-corrected chi connectivity index (χ3v) is 2.45. The quantitative estimate of drug-likeness (QED) is 0.621. The van der Waals surface area contributed by atoms with E-state index in [0.717, 1.165) is 0 Å². The Morgan fingerprint density at radius 3 is 2.56 bits per heavy atom. The lowest BCUT2D eigenvalue weighted by atomic mass is 10.3. The summed E-state index contributed by atoms with van der Waals surface area (Å²) in [5, 5.41) is 2.56. The normalized spacial score (nSPS) is 9.89. The molecule has 1 aromatic rings. The number of ether oxygens (including phenoxy) is 1. The lowest BCUT2D eigenvalue weighted by Crippen LogP contribution is -2.41. The molecule has 0 spiro atoms. The van der Waals surface area contributed by atoms with E-state index < -0.39 is 11.8 Å². The van der Waals surface area contributed by atoms with Gasteiger partial charge in [0.15, 0.2) is 0 Å². The summed E-state index contributed by atoms with van der Waals surface area (Å²) in [6.07, 6.45) is 0.685. The molecule has 18 heavy (non-hydrogen) atoms. The van der Waals surface area contributed by atoms with Crippen LogP contribution in [0.1, 0.15) is 6.42 Å². The molecule has 2 amide bonds. The zero-order chi connectivity index (χ0) is 13.4. The van der Waals surface area contributed by atoms with Gasteiger partial charge >= 0.3 is 11.8 Å². The van der Waals surface area contributed by atoms with Crippen LogP contribution in [0.15, 0.2) is 30.3 Å². The zero-order valence-electron chi connectivity index (χ0n) is 10.7. The van der Waals surface area contributed by atoms with E-state index in [9.17, 15) is 9.59 Å². The molecule has 5 heteroatoms. The van der Waals surface area contributed by atoms with Crippen LogP contribution in [0, 0.1) is 0 Å². The van der Waals surface area contributed by atoms with Crippen molar-refractivity contribution in [1.82, 2.24) is 5.32 Å². The van der Waals surface area contributed by atoms with E-state index >= 15 is 0 Å². The summed E-state index contributed by atoms with van der Waals surface area (Å²) < 4.78 is 4.85. The highest BCUT2D eigenvalue weighted by Crippen LogP contribution is 2.10. The van der Waals surface area contributed by atoms with Crippen LogP contribution >= 0.6 is 0 Å². The number of methoxy groups -OCH3 is 1. The number of carbonyl (C=O) groups excluding carboxylic acids is 2. The van der Waals surface area contributed by atoms with Crippen molar-refractivity contribution >= 4 is 17.5 Å². The molecule has 0 heterocycles. The highest BCUT2D eigenvalue weighted by atomic mass is 16.5. The van der Waals surface area contributed by atoms with E-state index in [1.54, 1.807) is 26.3 Å². The standard InChI is InChI=1S/C13H18N2O3/c1-15(11-7-4-3-5-8-11)13(17)12(16)14-9-6-10-18-2/h3-5,7-8H,6,9-10H2,1-2H3,(H,14,16).